The van der Waals surface area contributed by atoms with Crippen molar-refractivity contribution >= 4 is 21.6 Å². The van der Waals surface area contributed by atoms with E-state index in [1.54, 1.807) is 19.2 Å². The van der Waals surface area contributed by atoms with Crippen LogP contribution in [-0.4, -0.2) is 31.7 Å². The Kier molecular flexibility index (Phi) is 4.67. The van der Waals surface area contributed by atoms with Gasteiger partial charge in [0.25, 0.3) is 5.91 Å². The first-order valence-electron chi connectivity index (χ1n) is 8.26. The van der Waals surface area contributed by atoms with E-state index in [0.717, 1.165) is 29.7 Å². The molecule has 0 aliphatic heterocycles. The van der Waals surface area contributed by atoms with Gasteiger partial charge in [0, 0.05) is 24.3 Å². The third-order valence-electron chi connectivity index (χ3n) is 4.71. The van der Waals surface area contributed by atoms with E-state index >= 15 is 0 Å². The molecule has 0 saturated heterocycles. The minimum atomic E-state index is -3.49. The van der Waals surface area contributed by atoms with Crippen molar-refractivity contribution in [3.05, 3.63) is 59.2 Å². The molecule has 0 radical (unpaired) electrons. The Morgan fingerprint density at radius 2 is 1.72 bits per heavy atom. The highest BCUT2D eigenvalue weighted by Crippen LogP contribution is 2.30. The monoisotopic (exact) mass is 358 g/mol. The molecule has 0 aromatic heterocycles. The van der Waals surface area contributed by atoms with Gasteiger partial charge in [-0.25, -0.2) is 8.42 Å². The van der Waals surface area contributed by atoms with Crippen LogP contribution in [-0.2, 0) is 10.0 Å². The van der Waals surface area contributed by atoms with E-state index in [2.05, 4.69) is 5.32 Å². The smallest absolute Gasteiger partial charge is 0.255 e. The lowest BCUT2D eigenvalue weighted by molar-refractivity contribution is 0.102. The van der Waals surface area contributed by atoms with Gasteiger partial charge in [-0.05, 0) is 68.1 Å². The highest BCUT2D eigenvalue weighted by molar-refractivity contribution is 7.89. The van der Waals surface area contributed by atoms with Crippen molar-refractivity contribution in [2.24, 2.45) is 0 Å². The van der Waals surface area contributed by atoms with E-state index in [1.165, 1.54) is 16.4 Å². The predicted molar refractivity (Wildman–Crippen MR) is 98.3 cm³/mol. The van der Waals surface area contributed by atoms with E-state index in [-0.39, 0.29) is 16.8 Å². The Morgan fingerprint density at radius 3 is 2.32 bits per heavy atom. The van der Waals surface area contributed by atoms with E-state index in [0.29, 0.717) is 5.56 Å². The van der Waals surface area contributed by atoms with Gasteiger partial charge in [-0.1, -0.05) is 12.1 Å². The van der Waals surface area contributed by atoms with Gasteiger partial charge in [0.05, 0.1) is 4.90 Å². The highest BCUT2D eigenvalue weighted by Gasteiger charge is 2.34. The summed E-state index contributed by atoms with van der Waals surface area (Å²) in [6.07, 6.45) is 1.82. The number of carbonyl (C=O) groups is 1. The number of anilines is 1. The number of hydrogen-bond acceptors (Lipinski definition) is 3. The fraction of sp³-hybridized carbons (Fsp3) is 0.316. The van der Waals surface area contributed by atoms with Crippen LogP contribution in [0.25, 0.3) is 0 Å². The first-order chi connectivity index (χ1) is 11.8. The molecule has 2 aromatic rings. The summed E-state index contributed by atoms with van der Waals surface area (Å²) in [5.41, 5.74) is 3.30. The Balaban J connectivity index is 1.78. The molecule has 0 unspecified atom stereocenters. The second-order valence-electron chi connectivity index (χ2n) is 6.48. The molecule has 0 bridgehead atoms. The summed E-state index contributed by atoms with van der Waals surface area (Å²) in [5, 5.41) is 2.88. The SMILES string of the molecule is Cc1cccc(NC(=O)c2ccc(S(=O)(=O)N(C)C3CC3)cc2)c1C. The molecular weight excluding hydrogens is 336 g/mol. The van der Waals surface area contributed by atoms with Crippen LogP contribution >= 0.6 is 0 Å². The predicted octanol–water partition coefficient (Wildman–Crippen LogP) is 3.34. The summed E-state index contributed by atoms with van der Waals surface area (Å²) >= 11 is 0. The number of sulfonamides is 1. The second kappa shape index (κ2) is 6.61. The third kappa shape index (κ3) is 3.60. The number of rotatable bonds is 5. The Labute approximate surface area is 148 Å². The number of amides is 1. The zero-order valence-corrected chi connectivity index (χ0v) is 15.4. The standard InChI is InChI=1S/C19H22N2O3S/c1-13-5-4-6-18(14(13)2)20-19(22)15-7-11-17(12-8-15)25(23,24)21(3)16-9-10-16/h4-8,11-12,16H,9-10H2,1-3H3,(H,20,22). The number of carbonyl (C=O) groups excluding carboxylic acids is 1. The quantitative estimate of drug-likeness (QED) is 0.891. The van der Waals surface area contributed by atoms with Crippen molar-refractivity contribution in [3.8, 4) is 0 Å². The molecule has 0 spiro atoms. The van der Waals surface area contributed by atoms with Crippen molar-refractivity contribution in [2.75, 3.05) is 12.4 Å². The molecule has 5 nitrogen and oxygen atoms in total. The van der Waals surface area contributed by atoms with Crippen LogP contribution in [0.15, 0.2) is 47.4 Å². The molecule has 1 aliphatic rings. The van der Waals surface area contributed by atoms with Gasteiger partial charge in [0.1, 0.15) is 0 Å². The zero-order valence-electron chi connectivity index (χ0n) is 14.6. The van der Waals surface area contributed by atoms with Crippen LogP contribution in [0.4, 0.5) is 5.69 Å². The molecule has 3 rings (SSSR count). The first-order valence-corrected chi connectivity index (χ1v) is 9.70. The first kappa shape index (κ1) is 17.6. The summed E-state index contributed by atoms with van der Waals surface area (Å²) in [4.78, 5) is 12.6. The van der Waals surface area contributed by atoms with Crippen LogP contribution in [0.3, 0.4) is 0 Å². The maximum absolute atomic E-state index is 12.5. The van der Waals surface area contributed by atoms with Crippen LogP contribution in [0.1, 0.15) is 34.3 Å². The van der Waals surface area contributed by atoms with Gasteiger partial charge in [-0.3, -0.25) is 4.79 Å². The summed E-state index contributed by atoms with van der Waals surface area (Å²) < 4.78 is 26.4. The van der Waals surface area contributed by atoms with Gasteiger partial charge in [-0.15, -0.1) is 0 Å². The summed E-state index contributed by atoms with van der Waals surface area (Å²) in [7, 11) is -1.88. The lowest BCUT2D eigenvalue weighted by atomic mass is 10.1. The molecule has 6 heteroatoms. The second-order valence-corrected chi connectivity index (χ2v) is 8.48. The molecular formula is C19H22N2O3S. The fourth-order valence-corrected chi connectivity index (χ4v) is 4.08. The molecule has 132 valence electrons. The minimum absolute atomic E-state index is 0.109. The molecule has 2 aromatic carbocycles. The van der Waals surface area contributed by atoms with Crippen molar-refractivity contribution in [2.45, 2.75) is 37.6 Å². The molecule has 1 amide bonds. The van der Waals surface area contributed by atoms with Crippen LogP contribution in [0.5, 0.6) is 0 Å². The van der Waals surface area contributed by atoms with Gasteiger partial charge in [-0.2, -0.15) is 4.31 Å². The maximum Gasteiger partial charge on any atom is 0.255 e. The maximum atomic E-state index is 12.5. The molecule has 1 saturated carbocycles. The van der Waals surface area contributed by atoms with Crippen molar-refractivity contribution in [1.29, 1.82) is 0 Å². The molecule has 25 heavy (non-hydrogen) atoms. The summed E-state index contributed by atoms with van der Waals surface area (Å²) in [5.74, 6) is -0.256. The van der Waals surface area contributed by atoms with Gasteiger partial charge < -0.3 is 5.32 Å². The van der Waals surface area contributed by atoms with Crippen LogP contribution in [0, 0.1) is 13.8 Å². The molecule has 0 atom stereocenters. The third-order valence-corrected chi connectivity index (χ3v) is 6.63. The molecule has 1 aliphatic carbocycles. The number of nitrogens with zero attached hydrogens (tertiary/aromatic N) is 1. The van der Waals surface area contributed by atoms with Crippen LogP contribution < -0.4 is 5.32 Å². The van der Waals surface area contributed by atoms with Crippen molar-refractivity contribution in [1.82, 2.24) is 4.31 Å². The number of hydrogen-bond donors (Lipinski definition) is 1. The van der Waals surface area contributed by atoms with Crippen molar-refractivity contribution in [3.63, 3.8) is 0 Å². The van der Waals surface area contributed by atoms with E-state index in [4.69, 9.17) is 0 Å². The Hall–Kier alpha value is -2.18. The van der Waals surface area contributed by atoms with E-state index in [9.17, 15) is 13.2 Å². The number of nitrogens with one attached hydrogen (secondary N) is 1. The van der Waals surface area contributed by atoms with E-state index < -0.39 is 10.0 Å². The van der Waals surface area contributed by atoms with E-state index in [1.807, 2.05) is 32.0 Å². The van der Waals surface area contributed by atoms with Gasteiger partial charge in [0.2, 0.25) is 10.0 Å². The lowest BCUT2D eigenvalue weighted by Crippen LogP contribution is -2.29. The van der Waals surface area contributed by atoms with Gasteiger partial charge >= 0.3 is 0 Å². The Bertz CT molecular complexity index is 901. The molecule has 1 N–H and O–H groups in total. The Morgan fingerprint density at radius 1 is 1.08 bits per heavy atom. The zero-order chi connectivity index (χ0) is 18.2. The number of benzene rings is 2. The topological polar surface area (TPSA) is 66.5 Å². The van der Waals surface area contributed by atoms with Crippen molar-refractivity contribution < 1.29 is 13.2 Å². The van der Waals surface area contributed by atoms with Crippen LogP contribution in [0.2, 0.25) is 0 Å². The normalized spacial score (nSPS) is 14.6. The summed E-state index contributed by atoms with van der Waals surface area (Å²) in [6, 6.07) is 11.9. The minimum Gasteiger partial charge on any atom is -0.322 e. The number of aryl methyl sites for hydroxylation is 1. The fourth-order valence-electron chi connectivity index (χ4n) is 2.66. The largest absolute Gasteiger partial charge is 0.322 e. The summed E-state index contributed by atoms with van der Waals surface area (Å²) in [6.45, 7) is 3.94. The average Bonchev–Trinajstić information content (AvgIpc) is 3.43. The molecule has 0 heterocycles. The average molecular weight is 358 g/mol. The lowest BCUT2D eigenvalue weighted by Gasteiger charge is -2.16. The molecule has 1 fully saturated rings. The van der Waals surface area contributed by atoms with Gasteiger partial charge in [0.15, 0.2) is 0 Å². The highest BCUT2D eigenvalue weighted by atomic mass is 32.2.